The van der Waals surface area contributed by atoms with Crippen LogP contribution in [-0.4, -0.2) is 167 Å². The van der Waals surface area contributed by atoms with Crippen molar-refractivity contribution >= 4 is 59.5 Å². The van der Waals surface area contributed by atoms with Crippen molar-refractivity contribution in [1.29, 1.82) is 0 Å². The number of carbonyl (C=O) groups excluding carboxylic acids is 9. The molecule has 22 nitrogen and oxygen atoms in total. The number of nitrogens with two attached hydrogens (primary N) is 3. The van der Waals surface area contributed by atoms with E-state index in [0.717, 1.165) is 5.56 Å². The van der Waals surface area contributed by atoms with Crippen molar-refractivity contribution in [2.24, 2.45) is 22.2 Å². The smallest absolute Gasteiger partial charge is 0.248 e. The number of aliphatic hydroxyl groups excluding tert-OH is 1. The van der Waals surface area contributed by atoms with E-state index >= 15 is 0 Å². The zero-order chi connectivity index (χ0) is 50.0. The van der Waals surface area contributed by atoms with Crippen LogP contribution in [0.3, 0.4) is 0 Å². The third-order valence-electron chi connectivity index (χ3n) is 12.4. The molecule has 8 atom stereocenters. The zero-order valence-electron chi connectivity index (χ0n) is 38.9. The topological polar surface area (TPSA) is 334 Å². The second kappa shape index (κ2) is 26.0. The van der Waals surface area contributed by atoms with Gasteiger partial charge < -0.3 is 68.4 Å². The van der Waals surface area contributed by atoms with Crippen LogP contribution in [0.25, 0.3) is 0 Å². The molecule has 22 heteroatoms. The van der Waals surface area contributed by atoms with Gasteiger partial charge in [-0.2, -0.15) is 0 Å². The summed E-state index contributed by atoms with van der Waals surface area (Å²) in [5, 5.41) is 23.5. The van der Waals surface area contributed by atoms with Gasteiger partial charge in [0.1, 0.15) is 42.5 Å². The molecule has 0 spiro atoms. The van der Waals surface area contributed by atoms with Crippen LogP contribution in [0.15, 0.2) is 65.7 Å². The first kappa shape index (κ1) is 53.0. The second-order valence-electron chi connectivity index (χ2n) is 17.6. The van der Waals surface area contributed by atoms with Gasteiger partial charge in [0, 0.05) is 39.0 Å². The number of hydrogen-bond donors (Lipinski definition) is 9. The van der Waals surface area contributed by atoms with Gasteiger partial charge in [0.05, 0.1) is 25.2 Å². The number of benzene rings is 2. The third-order valence-corrected chi connectivity index (χ3v) is 12.4. The summed E-state index contributed by atoms with van der Waals surface area (Å²) in [4.78, 5) is 128. The monoisotopic (exact) mass is 959 g/mol. The summed E-state index contributed by atoms with van der Waals surface area (Å²) < 4.78 is 0. The number of aldehydes is 1. The van der Waals surface area contributed by atoms with Crippen LogP contribution in [-0.2, 0) is 56.0 Å². The van der Waals surface area contributed by atoms with E-state index in [9.17, 15) is 48.3 Å². The van der Waals surface area contributed by atoms with E-state index in [-0.39, 0.29) is 50.1 Å². The minimum absolute atomic E-state index is 0.0392. The predicted molar refractivity (Wildman–Crippen MR) is 252 cm³/mol. The van der Waals surface area contributed by atoms with Crippen molar-refractivity contribution in [2.45, 2.75) is 119 Å². The fourth-order valence-electron chi connectivity index (χ4n) is 8.87. The fraction of sp³-hybridized carbons (Fsp3) is 0.532. The highest BCUT2D eigenvalue weighted by molar-refractivity contribution is 5.98. The normalized spacial score (nSPS) is 19.8. The Morgan fingerprint density at radius 3 is 1.78 bits per heavy atom. The van der Waals surface area contributed by atoms with E-state index in [1.165, 1.54) is 21.6 Å². The maximum absolute atomic E-state index is 14.0. The van der Waals surface area contributed by atoms with Crippen molar-refractivity contribution in [3.63, 3.8) is 0 Å². The Hall–Kier alpha value is -6.94. The highest BCUT2D eigenvalue weighted by Gasteiger charge is 2.43. The third kappa shape index (κ3) is 15.0. The van der Waals surface area contributed by atoms with Gasteiger partial charge >= 0.3 is 0 Å². The van der Waals surface area contributed by atoms with E-state index in [1.54, 1.807) is 60.7 Å². The van der Waals surface area contributed by atoms with Gasteiger partial charge in [0.25, 0.3) is 0 Å². The summed E-state index contributed by atoms with van der Waals surface area (Å²) in [5.74, 6) is -4.99. The molecule has 0 radical (unpaired) electrons. The quantitative estimate of drug-likeness (QED) is 0.0234. The second-order valence-corrected chi connectivity index (χ2v) is 17.6. The Balaban J connectivity index is 1.19. The summed E-state index contributed by atoms with van der Waals surface area (Å²) in [6.45, 7) is 1.10. The molecule has 69 heavy (non-hydrogen) atoms. The number of aliphatic hydroxyl groups is 1. The molecule has 3 saturated heterocycles. The van der Waals surface area contributed by atoms with Crippen LogP contribution < -0.4 is 43.8 Å². The van der Waals surface area contributed by atoms with E-state index in [2.05, 4.69) is 31.6 Å². The van der Waals surface area contributed by atoms with Gasteiger partial charge in [0.15, 0.2) is 5.96 Å². The lowest BCUT2D eigenvalue weighted by molar-refractivity contribution is -0.147. The summed E-state index contributed by atoms with van der Waals surface area (Å²) in [5.41, 5.74) is 18.3. The zero-order valence-corrected chi connectivity index (χ0v) is 38.9. The number of rotatable bonds is 23. The van der Waals surface area contributed by atoms with E-state index in [1.807, 2.05) is 0 Å². The fourth-order valence-corrected chi connectivity index (χ4v) is 8.87. The molecule has 0 bridgehead atoms. The van der Waals surface area contributed by atoms with Crippen LogP contribution in [0, 0.1) is 0 Å². The molecule has 12 N–H and O–H groups in total. The number of hydrogen-bond acceptors (Lipinski definition) is 12. The van der Waals surface area contributed by atoms with E-state index in [0.29, 0.717) is 69.9 Å². The summed E-state index contributed by atoms with van der Waals surface area (Å²) in [6.07, 6.45) is 3.85. The maximum atomic E-state index is 14.0. The van der Waals surface area contributed by atoms with Gasteiger partial charge in [-0.1, -0.05) is 60.7 Å². The van der Waals surface area contributed by atoms with Crippen LogP contribution in [0.5, 0.6) is 0 Å². The molecule has 0 unspecified atom stereocenters. The Bertz CT molecular complexity index is 2160. The molecule has 3 aliphatic heterocycles. The van der Waals surface area contributed by atoms with Crippen molar-refractivity contribution in [2.75, 3.05) is 39.3 Å². The lowest BCUT2D eigenvalue weighted by Gasteiger charge is -2.32. The van der Waals surface area contributed by atoms with Crippen LogP contribution in [0.4, 0.5) is 0 Å². The first-order chi connectivity index (χ1) is 33.1. The highest BCUT2D eigenvalue weighted by Crippen LogP contribution is 2.26. The number of guanidine groups is 1. The van der Waals surface area contributed by atoms with E-state index in [4.69, 9.17) is 17.2 Å². The Kier molecular flexibility index (Phi) is 20.0. The van der Waals surface area contributed by atoms with Gasteiger partial charge in [-0.15, -0.1) is 0 Å². The average Bonchev–Trinajstić information content (AvgIpc) is 4.16. The Morgan fingerprint density at radius 1 is 0.696 bits per heavy atom. The molecular formula is C47H66N12O10. The van der Waals surface area contributed by atoms with Gasteiger partial charge in [-0.25, -0.2) is 0 Å². The SMILES string of the molecule is C[C@@H](C=O)NC(=O)[C@H](Cc1ccccc1)NC(=O)[C@@H]1CCCN1C(=O)[C@H](CO)NC(=O)[C@H](Cc1ccccc1)NC(=O)CNC(=O)[C@@H]1CCCN1C(=O)[C@@H]1CCCN1C(=O)[C@@H](N)CCCN=C(N)N. The number of amides is 8. The molecule has 0 saturated carbocycles. The van der Waals surface area contributed by atoms with Crippen molar-refractivity contribution < 1.29 is 48.3 Å². The molecule has 2 aromatic rings. The first-order valence-electron chi connectivity index (χ1n) is 23.5. The molecular weight excluding hydrogens is 893 g/mol. The van der Waals surface area contributed by atoms with Gasteiger partial charge in [0.2, 0.25) is 47.3 Å². The van der Waals surface area contributed by atoms with Crippen molar-refractivity contribution in [1.82, 2.24) is 41.3 Å². The molecule has 2 aromatic carbocycles. The van der Waals surface area contributed by atoms with E-state index < -0.39 is 96.9 Å². The maximum Gasteiger partial charge on any atom is 0.248 e. The van der Waals surface area contributed by atoms with Gasteiger partial charge in [-0.3, -0.25) is 43.3 Å². The molecule has 5 rings (SSSR count). The Labute approximate surface area is 400 Å². The number of carbonyl (C=O) groups is 9. The molecule has 3 aliphatic rings. The lowest BCUT2D eigenvalue weighted by Crippen LogP contribution is -2.60. The van der Waals surface area contributed by atoms with Crippen LogP contribution in [0.2, 0.25) is 0 Å². The first-order valence-corrected chi connectivity index (χ1v) is 23.5. The molecule has 8 amide bonds. The number of nitrogens with one attached hydrogen (secondary N) is 5. The van der Waals surface area contributed by atoms with Gasteiger partial charge in [-0.05, 0) is 69.4 Å². The lowest BCUT2D eigenvalue weighted by atomic mass is 10.0. The minimum atomic E-state index is -1.53. The predicted octanol–water partition coefficient (Wildman–Crippen LogP) is -2.91. The van der Waals surface area contributed by atoms with Crippen molar-refractivity contribution in [3.8, 4) is 0 Å². The molecule has 0 aromatic heterocycles. The molecule has 374 valence electrons. The largest absolute Gasteiger partial charge is 0.394 e. The summed E-state index contributed by atoms with van der Waals surface area (Å²) >= 11 is 0. The minimum Gasteiger partial charge on any atom is -0.394 e. The summed E-state index contributed by atoms with van der Waals surface area (Å²) in [7, 11) is 0. The average molecular weight is 959 g/mol. The number of likely N-dealkylation sites (tertiary alicyclic amines) is 3. The van der Waals surface area contributed by atoms with Crippen LogP contribution >= 0.6 is 0 Å². The standard InChI is InChI=1S/C47H66N12O10/c1-29(27-60)53-40(63)34(25-31-14-6-3-7-15-31)55-43(66)37-18-10-21-57(37)45(68)35(28-61)56-41(64)33(24-30-12-4-2-5-13-30)54-39(62)26-52-42(65)36-17-9-22-58(36)46(69)38-19-11-23-59(38)44(67)32(48)16-8-20-51-47(49)50/h2-7,12-15,27,29,32-38,61H,8-11,16-26,28,48H2,1H3,(H,52,65)(H,53,63)(H,54,62)(H,55,66)(H,56,64)(H4,49,50,51)/t29-,32-,33-,34-,35-,36-,37-,38-/m0/s1. The highest BCUT2D eigenvalue weighted by atomic mass is 16.3. The molecule has 3 heterocycles. The number of nitrogens with zero attached hydrogens (tertiary/aromatic N) is 4. The van der Waals surface area contributed by atoms with Crippen LogP contribution in [0.1, 0.15) is 69.4 Å². The molecule has 3 fully saturated rings. The Morgan fingerprint density at radius 2 is 1.22 bits per heavy atom. The molecule has 0 aliphatic carbocycles. The number of aliphatic imine (C=N–C) groups is 1. The summed E-state index contributed by atoms with van der Waals surface area (Å²) in [6, 6.07) is 9.27. The van der Waals surface area contributed by atoms with Crippen molar-refractivity contribution in [3.05, 3.63) is 71.8 Å².